The second-order valence-electron chi connectivity index (χ2n) is 4.30. The number of hydrogen-bond donors (Lipinski definition) is 0. The van der Waals surface area contributed by atoms with E-state index in [1.165, 1.54) is 18.4 Å². The normalized spacial score (nSPS) is 10.6. The quantitative estimate of drug-likeness (QED) is 0.463. The molecule has 0 aliphatic carbocycles. The van der Waals surface area contributed by atoms with Crippen molar-refractivity contribution < 1.29 is 14.5 Å². The largest absolute Gasteiger partial charge is 0.469 e. The lowest BCUT2D eigenvalue weighted by Crippen LogP contribution is -2.26. The second kappa shape index (κ2) is 6.49. The van der Waals surface area contributed by atoms with Crippen molar-refractivity contribution in [3.8, 4) is 0 Å². The Balaban J connectivity index is 2.40. The fraction of sp³-hybridized carbons (Fsp3) is 0.385. The summed E-state index contributed by atoms with van der Waals surface area (Å²) in [7, 11) is 1.32. The van der Waals surface area contributed by atoms with Gasteiger partial charge in [-0.3, -0.25) is 14.9 Å². The minimum atomic E-state index is -0.418. The van der Waals surface area contributed by atoms with Gasteiger partial charge in [0.1, 0.15) is 5.69 Å². The van der Waals surface area contributed by atoms with Crippen LogP contribution < -0.4 is 4.90 Å². The Bertz CT molecular complexity index is 670. The third-order valence-corrected chi connectivity index (χ3v) is 3.97. The molecule has 1 heterocycles. The molecule has 2 aromatic rings. The van der Waals surface area contributed by atoms with Crippen molar-refractivity contribution in [1.29, 1.82) is 0 Å². The average Bonchev–Trinajstić information content (AvgIpc) is 2.95. The topological polar surface area (TPSA) is 85.6 Å². The molecule has 0 aliphatic heterocycles. The van der Waals surface area contributed by atoms with Crippen LogP contribution in [0.5, 0.6) is 0 Å². The summed E-state index contributed by atoms with van der Waals surface area (Å²) in [5.74, 6) is -0.342. The first-order chi connectivity index (χ1) is 10.1. The van der Waals surface area contributed by atoms with Gasteiger partial charge in [-0.15, -0.1) is 11.3 Å². The Kier molecular flexibility index (Phi) is 4.69. The molecule has 0 bridgehead atoms. The SMILES string of the molecule is CCN(CCC(=O)OC)c1ccc2scnc2c1[N+](=O)[O-]. The van der Waals surface area contributed by atoms with Gasteiger partial charge < -0.3 is 9.64 Å². The number of ether oxygens (including phenoxy) is 1. The van der Waals surface area contributed by atoms with Crippen LogP contribution in [0, 0.1) is 10.1 Å². The van der Waals surface area contributed by atoms with E-state index in [0.29, 0.717) is 24.3 Å². The zero-order valence-electron chi connectivity index (χ0n) is 11.7. The molecule has 0 atom stereocenters. The van der Waals surface area contributed by atoms with Gasteiger partial charge in [-0.1, -0.05) is 0 Å². The molecular formula is C13H15N3O4S. The van der Waals surface area contributed by atoms with Crippen molar-refractivity contribution in [3.63, 3.8) is 0 Å². The number of fused-ring (bicyclic) bond motifs is 1. The van der Waals surface area contributed by atoms with Crippen molar-refractivity contribution in [3.05, 3.63) is 27.8 Å². The monoisotopic (exact) mass is 309 g/mol. The van der Waals surface area contributed by atoms with Crippen LogP contribution in [0.15, 0.2) is 17.6 Å². The number of nitrogens with zero attached hydrogens (tertiary/aromatic N) is 3. The van der Waals surface area contributed by atoms with E-state index < -0.39 is 4.92 Å². The predicted octanol–water partition coefficient (Wildman–Crippen LogP) is 2.59. The van der Waals surface area contributed by atoms with Crippen LogP contribution >= 0.6 is 11.3 Å². The predicted molar refractivity (Wildman–Crippen MR) is 80.8 cm³/mol. The number of benzene rings is 1. The summed E-state index contributed by atoms with van der Waals surface area (Å²) < 4.78 is 5.38. The maximum Gasteiger partial charge on any atom is 0.319 e. The number of nitro groups is 1. The van der Waals surface area contributed by atoms with E-state index >= 15 is 0 Å². The van der Waals surface area contributed by atoms with Crippen LogP contribution in [0.2, 0.25) is 0 Å². The minimum Gasteiger partial charge on any atom is -0.469 e. The molecule has 7 nitrogen and oxygen atoms in total. The molecule has 0 saturated carbocycles. The molecule has 0 spiro atoms. The van der Waals surface area contributed by atoms with E-state index in [4.69, 9.17) is 0 Å². The molecule has 0 aliphatic rings. The summed E-state index contributed by atoms with van der Waals surface area (Å²) in [5.41, 5.74) is 2.44. The third kappa shape index (κ3) is 3.10. The van der Waals surface area contributed by atoms with Gasteiger partial charge in [0, 0.05) is 13.1 Å². The molecule has 0 amide bonds. The number of anilines is 1. The zero-order chi connectivity index (χ0) is 15.4. The van der Waals surface area contributed by atoms with Crippen LogP contribution in [-0.4, -0.2) is 36.1 Å². The Hall–Kier alpha value is -2.22. The van der Waals surface area contributed by atoms with Gasteiger partial charge in [-0.05, 0) is 19.1 Å². The van der Waals surface area contributed by atoms with E-state index in [-0.39, 0.29) is 18.1 Å². The first-order valence-corrected chi connectivity index (χ1v) is 7.28. The molecule has 0 saturated heterocycles. The number of nitro benzene ring substituents is 1. The van der Waals surface area contributed by atoms with E-state index in [1.807, 2.05) is 13.0 Å². The summed E-state index contributed by atoms with van der Waals surface area (Å²) in [4.78, 5) is 28.1. The van der Waals surface area contributed by atoms with Crippen molar-refractivity contribution in [1.82, 2.24) is 4.98 Å². The van der Waals surface area contributed by atoms with Crippen molar-refractivity contribution in [2.75, 3.05) is 25.1 Å². The van der Waals surface area contributed by atoms with Crippen LogP contribution in [0.4, 0.5) is 11.4 Å². The Morgan fingerprint density at radius 1 is 1.52 bits per heavy atom. The highest BCUT2D eigenvalue weighted by molar-refractivity contribution is 7.16. The molecule has 0 N–H and O–H groups in total. The molecule has 112 valence electrons. The van der Waals surface area contributed by atoms with Crippen LogP contribution in [-0.2, 0) is 9.53 Å². The molecule has 2 rings (SSSR count). The van der Waals surface area contributed by atoms with E-state index in [1.54, 1.807) is 16.5 Å². The summed E-state index contributed by atoms with van der Waals surface area (Å²) in [6.45, 7) is 2.79. The molecule has 8 heteroatoms. The Morgan fingerprint density at radius 2 is 2.29 bits per heavy atom. The summed E-state index contributed by atoms with van der Waals surface area (Å²) in [6.07, 6.45) is 0.177. The number of aromatic nitrogens is 1. The number of thiazole rings is 1. The lowest BCUT2D eigenvalue weighted by atomic mass is 10.2. The highest BCUT2D eigenvalue weighted by atomic mass is 32.1. The van der Waals surface area contributed by atoms with Crippen molar-refractivity contribution in [2.45, 2.75) is 13.3 Å². The van der Waals surface area contributed by atoms with Crippen LogP contribution in [0.25, 0.3) is 10.2 Å². The van der Waals surface area contributed by atoms with Crippen molar-refractivity contribution in [2.24, 2.45) is 0 Å². The summed E-state index contributed by atoms with van der Waals surface area (Å²) in [5, 5.41) is 11.4. The number of hydrogen-bond acceptors (Lipinski definition) is 7. The van der Waals surface area contributed by atoms with Gasteiger partial charge in [0.15, 0.2) is 5.52 Å². The summed E-state index contributed by atoms with van der Waals surface area (Å²) >= 11 is 1.36. The highest BCUT2D eigenvalue weighted by Gasteiger charge is 2.24. The minimum absolute atomic E-state index is 0.0135. The van der Waals surface area contributed by atoms with Gasteiger partial charge in [0.25, 0.3) is 0 Å². The first-order valence-electron chi connectivity index (χ1n) is 6.40. The molecule has 0 radical (unpaired) electrons. The van der Waals surface area contributed by atoms with Gasteiger partial charge >= 0.3 is 11.7 Å². The first kappa shape index (κ1) is 15.2. The number of rotatable bonds is 6. The molecule has 1 aromatic heterocycles. The van der Waals surface area contributed by atoms with Gasteiger partial charge in [-0.2, -0.15) is 0 Å². The fourth-order valence-corrected chi connectivity index (χ4v) is 2.80. The fourth-order valence-electron chi connectivity index (χ4n) is 2.12. The lowest BCUT2D eigenvalue weighted by Gasteiger charge is -2.22. The van der Waals surface area contributed by atoms with Gasteiger partial charge in [0.2, 0.25) is 0 Å². The van der Waals surface area contributed by atoms with Gasteiger partial charge in [0.05, 0.1) is 28.7 Å². The smallest absolute Gasteiger partial charge is 0.319 e. The standard InChI is InChI=1S/C13H15N3O4S/c1-3-15(7-6-11(17)20-2)9-4-5-10-12(14-8-21-10)13(9)16(18)19/h4-5,8H,3,6-7H2,1-2H3. The molecule has 1 aromatic carbocycles. The van der Waals surface area contributed by atoms with E-state index in [2.05, 4.69) is 9.72 Å². The zero-order valence-corrected chi connectivity index (χ0v) is 12.6. The molecule has 0 unspecified atom stereocenters. The number of carbonyl (C=O) groups excluding carboxylic acids is 1. The van der Waals surface area contributed by atoms with Crippen LogP contribution in [0.1, 0.15) is 13.3 Å². The Labute approximate surface area is 125 Å². The van der Waals surface area contributed by atoms with E-state index in [9.17, 15) is 14.9 Å². The maximum absolute atomic E-state index is 11.4. The molecule has 0 fully saturated rings. The van der Waals surface area contributed by atoms with E-state index in [0.717, 1.165) is 4.70 Å². The molecule has 21 heavy (non-hydrogen) atoms. The second-order valence-corrected chi connectivity index (χ2v) is 5.18. The summed E-state index contributed by atoms with van der Waals surface area (Å²) in [6, 6.07) is 3.52. The number of carbonyl (C=O) groups is 1. The average molecular weight is 309 g/mol. The number of esters is 1. The van der Waals surface area contributed by atoms with Crippen LogP contribution in [0.3, 0.4) is 0 Å². The van der Waals surface area contributed by atoms with Crippen molar-refractivity contribution >= 4 is 38.9 Å². The molecular weight excluding hydrogens is 294 g/mol. The maximum atomic E-state index is 11.4. The third-order valence-electron chi connectivity index (χ3n) is 3.17. The van der Waals surface area contributed by atoms with Gasteiger partial charge in [-0.25, -0.2) is 4.98 Å². The lowest BCUT2D eigenvalue weighted by molar-refractivity contribution is -0.382. The highest BCUT2D eigenvalue weighted by Crippen LogP contribution is 2.36. The Morgan fingerprint density at radius 3 is 2.90 bits per heavy atom. The number of methoxy groups -OCH3 is 1.